The minimum Gasteiger partial charge on any atom is -0.457 e. The van der Waals surface area contributed by atoms with Gasteiger partial charge in [-0.2, -0.15) is 0 Å². The quantitative estimate of drug-likeness (QED) is 0.908. The largest absolute Gasteiger partial charge is 0.457 e. The summed E-state index contributed by atoms with van der Waals surface area (Å²) >= 11 is 3.46. The van der Waals surface area contributed by atoms with E-state index in [1.165, 1.54) is 5.56 Å². The van der Waals surface area contributed by atoms with Gasteiger partial charge in [0.05, 0.1) is 0 Å². The Morgan fingerprint density at radius 2 is 1.79 bits per heavy atom. The molecule has 2 N–H and O–H groups in total. The average Bonchev–Trinajstić information content (AvgIpc) is 2.36. The molecule has 0 bridgehead atoms. The van der Waals surface area contributed by atoms with Gasteiger partial charge in [-0.1, -0.05) is 33.6 Å². The Hall–Kier alpha value is -1.32. The van der Waals surface area contributed by atoms with E-state index < -0.39 is 0 Å². The summed E-state index contributed by atoms with van der Waals surface area (Å²) in [4.78, 5) is 0. The molecule has 0 unspecified atom stereocenters. The van der Waals surface area contributed by atoms with Crippen LogP contribution in [-0.2, 0) is 6.42 Å². The average molecular weight is 320 g/mol. The van der Waals surface area contributed by atoms with E-state index in [1.807, 2.05) is 31.2 Å². The lowest BCUT2D eigenvalue weighted by Gasteiger charge is -2.13. The Kier molecular flexibility index (Phi) is 4.61. The molecule has 0 atom stereocenters. The molecule has 2 aromatic rings. The highest BCUT2D eigenvalue weighted by Crippen LogP contribution is 2.30. The zero-order chi connectivity index (χ0) is 13.8. The summed E-state index contributed by atoms with van der Waals surface area (Å²) < 4.78 is 7.09. The molecule has 3 heteroatoms. The number of nitrogens with two attached hydrogens (primary N) is 1. The Morgan fingerprint density at radius 1 is 1.05 bits per heavy atom. The summed E-state index contributed by atoms with van der Waals surface area (Å²) in [6.45, 7) is 4.74. The highest BCUT2D eigenvalue weighted by Gasteiger charge is 2.07. The van der Waals surface area contributed by atoms with Crippen LogP contribution in [0.4, 0.5) is 0 Å². The van der Waals surface area contributed by atoms with Crippen LogP contribution in [0.2, 0.25) is 0 Å². The van der Waals surface area contributed by atoms with Gasteiger partial charge in [0.15, 0.2) is 0 Å². The number of halogens is 1. The van der Waals surface area contributed by atoms with Gasteiger partial charge in [-0.15, -0.1) is 0 Å². The zero-order valence-corrected chi connectivity index (χ0v) is 12.8. The van der Waals surface area contributed by atoms with Crippen LogP contribution < -0.4 is 10.5 Å². The van der Waals surface area contributed by atoms with E-state index in [4.69, 9.17) is 10.5 Å². The fourth-order valence-corrected chi connectivity index (χ4v) is 2.48. The number of hydrogen-bond donors (Lipinski definition) is 1. The fourth-order valence-electron chi connectivity index (χ4n) is 2.00. The van der Waals surface area contributed by atoms with E-state index in [9.17, 15) is 0 Å². The highest BCUT2D eigenvalue weighted by atomic mass is 79.9. The molecule has 0 aliphatic heterocycles. The summed E-state index contributed by atoms with van der Waals surface area (Å²) in [6, 6.07) is 12.2. The molecule has 2 rings (SSSR count). The minimum absolute atomic E-state index is 0.624. The van der Waals surface area contributed by atoms with Crippen LogP contribution in [0, 0.1) is 13.8 Å². The van der Waals surface area contributed by atoms with E-state index in [1.54, 1.807) is 0 Å². The summed E-state index contributed by atoms with van der Waals surface area (Å²) in [5.41, 5.74) is 9.15. The first kappa shape index (κ1) is 14.1. The third-order valence-corrected chi connectivity index (χ3v) is 3.48. The van der Waals surface area contributed by atoms with Crippen LogP contribution >= 0.6 is 15.9 Å². The monoisotopic (exact) mass is 319 g/mol. The highest BCUT2D eigenvalue weighted by molar-refractivity contribution is 9.10. The van der Waals surface area contributed by atoms with Crippen molar-refractivity contribution in [3.63, 3.8) is 0 Å². The topological polar surface area (TPSA) is 35.2 Å². The van der Waals surface area contributed by atoms with Crippen LogP contribution in [0.3, 0.4) is 0 Å². The molecule has 0 spiro atoms. The van der Waals surface area contributed by atoms with Gasteiger partial charge in [-0.05, 0) is 62.2 Å². The van der Waals surface area contributed by atoms with Gasteiger partial charge in [0.25, 0.3) is 0 Å². The molecule has 0 fully saturated rings. The van der Waals surface area contributed by atoms with Crippen molar-refractivity contribution in [3.05, 3.63) is 57.6 Å². The lowest BCUT2D eigenvalue weighted by Crippen LogP contribution is -2.04. The zero-order valence-electron chi connectivity index (χ0n) is 11.2. The molecule has 0 aliphatic carbocycles. The Balaban J connectivity index is 2.32. The van der Waals surface area contributed by atoms with E-state index in [2.05, 4.69) is 35.0 Å². The minimum atomic E-state index is 0.624. The number of hydrogen-bond acceptors (Lipinski definition) is 2. The van der Waals surface area contributed by atoms with Gasteiger partial charge < -0.3 is 10.5 Å². The molecular weight excluding hydrogens is 302 g/mol. The second kappa shape index (κ2) is 6.22. The van der Waals surface area contributed by atoms with Crippen LogP contribution in [0.25, 0.3) is 0 Å². The molecule has 0 aromatic heterocycles. The van der Waals surface area contributed by atoms with Crippen molar-refractivity contribution >= 4 is 15.9 Å². The molecule has 0 aliphatic rings. The summed E-state index contributed by atoms with van der Waals surface area (Å²) in [5, 5.41) is 0. The van der Waals surface area contributed by atoms with Crippen molar-refractivity contribution in [1.82, 2.24) is 0 Å². The van der Waals surface area contributed by atoms with Gasteiger partial charge in [0.2, 0.25) is 0 Å². The molecule has 0 heterocycles. The molecule has 19 heavy (non-hydrogen) atoms. The van der Waals surface area contributed by atoms with Gasteiger partial charge in [-0.3, -0.25) is 0 Å². The van der Waals surface area contributed by atoms with E-state index in [-0.39, 0.29) is 0 Å². The van der Waals surface area contributed by atoms with Crippen molar-refractivity contribution in [2.24, 2.45) is 5.73 Å². The molecule has 0 saturated carbocycles. The van der Waals surface area contributed by atoms with Crippen molar-refractivity contribution in [3.8, 4) is 11.5 Å². The van der Waals surface area contributed by atoms with E-state index >= 15 is 0 Å². The molecule has 0 radical (unpaired) electrons. The Labute approximate surface area is 122 Å². The van der Waals surface area contributed by atoms with Crippen molar-refractivity contribution in [2.45, 2.75) is 20.3 Å². The van der Waals surface area contributed by atoms with Crippen molar-refractivity contribution < 1.29 is 4.74 Å². The number of aryl methyl sites for hydroxylation is 2. The van der Waals surface area contributed by atoms with E-state index in [0.29, 0.717) is 6.54 Å². The van der Waals surface area contributed by atoms with Gasteiger partial charge >= 0.3 is 0 Å². The van der Waals surface area contributed by atoms with Crippen LogP contribution in [0.1, 0.15) is 16.7 Å². The molecular formula is C16H18BrNO. The SMILES string of the molecule is Cc1ccc(Oc2ccc(Br)cc2C)c(CCN)c1. The lowest BCUT2D eigenvalue weighted by molar-refractivity contribution is 0.472. The second-order valence-electron chi connectivity index (χ2n) is 4.66. The number of rotatable bonds is 4. The lowest BCUT2D eigenvalue weighted by atomic mass is 10.1. The van der Waals surface area contributed by atoms with Gasteiger partial charge in [-0.25, -0.2) is 0 Å². The van der Waals surface area contributed by atoms with E-state index in [0.717, 1.165) is 33.5 Å². The van der Waals surface area contributed by atoms with Gasteiger partial charge in [0, 0.05) is 4.47 Å². The fraction of sp³-hybridized carbons (Fsp3) is 0.250. The third-order valence-electron chi connectivity index (χ3n) is 2.99. The normalized spacial score (nSPS) is 10.5. The molecule has 2 nitrogen and oxygen atoms in total. The molecule has 2 aromatic carbocycles. The summed E-state index contributed by atoms with van der Waals surface area (Å²) in [7, 11) is 0. The van der Waals surface area contributed by atoms with Crippen LogP contribution in [-0.4, -0.2) is 6.54 Å². The Morgan fingerprint density at radius 3 is 2.47 bits per heavy atom. The van der Waals surface area contributed by atoms with Crippen LogP contribution in [0.15, 0.2) is 40.9 Å². The first-order chi connectivity index (χ1) is 9.10. The smallest absolute Gasteiger partial charge is 0.130 e. The Bertz CT molecular complexity index is 581. The first-order valence-electron chi connectivity index (χ1n) is 6.34. The second-order valence-corrected chi connectivity index (χ2v) is 5.58. The maximum absolute atomic E-state index is 6.03. The maximum atomic E-state index is 6.03. The van der Waals surface area contributed by atoms with Crippen molar-refractivity contribution in [2.75, 3.05) is 6.54 Å². The standard InChI is InChI=1S/C16H18BrNO/c1-11-3-5-16(13(9-11)7-8-18)19-15-6-4-14(17)10-12(15)2/h3-6,9-10H,7-8,18H2,1-2H3. The van der Waals surface area contributed by atoms with Crippen LogP contribution in [0.5, 0.6) is 11.5 Å². The molecule has 0 amide bonds. The number of benzene rings is 2. The summed E-state index contributed by atoms with van der Waals surface area (Å²) in [5.74, 6) is 1.77. The predicted molar refractivity (Wildman–Crippen MR) is 82.9 cm³/mol. The van der Waals surface area contributed by atoms with Gasteiger partial charge in [0.1, 0.15) is 11.5 Å². The molecule has 100 valence electrons. The third kappa shape index (κ3) is 3.58. The predicted octanol–water partition coefficient (Wildman–Crippen LogP) is 4.36. The first-order valence-corrected chi connectivity index (χ1v) is 7.13. The molecule has 0 saturated heterocycles. The number of ether oxygens (including phenoxy) is 1. The summed E-state index contributed by atoms with van der Waals surface area (Å²) in [6.07, 6.45) is 0.826. The van der Waals surface area contributed by atoms with Crippen molar-refractivity contribution in [1.29, 1.82) is 0 Å². The maximum Gasteiger partial charge on any atom is 0.130 e.